The average Bonchev–Trinajstić information content (AvgIpc) is 3.01. The maximum absolute atomic E-state index is 13.4. The van der Waals surface area contributed by atoms with Gasteiger partial charge in [-0.25, -0.2) is 0 Å². The van der Waals surface area contributed by atoms with Gasteiger partial charge in [-0.2, -0.15) is 0 Å². The Morgan fingerprint density at radius 2 is 1.89 bits per heavy atom. The molecule has 1 aliphatic heterocycles. The van der Waals surface area contributed by atoms with E-state index in [1.54, 1.807) is 38.5 Å². The van der Waals surface area contributed by atoms with Gasteiger partial charge in [0.05, 0.1) is 31.3 Å². The maximum atomic E-state index is 13.4. The number of nitrogens with zero attached hydrogens (tertiary/aromatic N) is 1. The Morgan fingerprint density at radius 3 is 2.52 bits per heavy atom. The summed E-state index contributed by atoms with van der Waals surface area (Å²) < 4.78 is 18.7. The summed E-state index contributed by atoms with van der Waals surface area (Å²) in [4.78, 5) is 13.4. The second kappa shape index (κ2) is 6.63. The molecule has 0 aliphatic carbocycles. The standard InChI is InChI=1S/C21H22N2O4/c1-12-19(21(24)13-4-6-15(25-2)7-5-13)17-8-16(26-3)9-18-20(17)23(12)14(10-22)11-27-18/h4-9,14H,10-11,22H2,1-3H3. The molecule has 3 aromatic rings. The number of ether oxygens (including phenoxy) is 3. The van der Waals surface area contributed by atoms with E-state index in [1.807, 2.05) is 19.1 Å². The molecule has 1 aliphatic rings. The lowest BCUT2D eigenvalue weighted by molar-refractivity contribution is 0.103. The second-order valence-electron chi connectivity index (χ2n) is 6.61. The molecule has 0 amide bonds. The summed E-state index contributed by atoms with van der Waals surface area (Å²) in [5.41, 5.74) is 9.00. The van der Waals surface area contributed by atoms with Gasteiger partial charge in [-0.1, -0.05) is 0 Å². The fourth-order valence-electron chi connectivity index (χ4n) is 3.80. The van der Waals surface area contributed by atoms with Crippen LogP contribution in [0.15, 0.2) is 36.4 Å². The fraction of sp³-hybridized carbons (Fsp3) is 0.286. The highest BCUT2D eigenvalue weighted by molar-refractivity contribution is 6.18. The zero-order valence-electron chi connectivity index (χ0n) is 15.6. The number of hydrogen-bond acceptors (Lipinski definition) is 5. The lowest BCUT2D eigenvalue weighted by Gasteiger charge is -2.26. The van der Waals surface area contributed by atoms with Crippen molar-refractivity contribution in [3.8, 4) is 17.2 Å². The van der Waals surface area contributed by atoms with Gasteiger partial charge in [0.15, 0.2) is 5.78 Å². The number of ketones is 1. The van der Waals surface area contributed by atoms with Crippen molar-refractivity contribution in [3.63, 3.8) is 0 Å². The monoisotopic (exact) mass is 366 g/mol. The maximum Gasteiger partial charge on any atom is 0.195 e. The number of benzene rings is 2. The molecule has 0 saturated carbocycles. The molecule has 140 valence electrons. The third-order valence-corrected chi connectivity index (χ3v) is 5.17. The van der Waals surface area contributed by atoms with Gasteiger partial charge in [0.25, 0.3) is 0 Å². The first kappa shape index (κ1) is 17.4. The fourth-order valence-corrected chi connectivity index (χ4v) is 3.80. The summed E-state index contributed by atoms with van der Waals surface area (Å²) in [6.07, 6.45) is 0. The number of hydrogen-bond donors (Lipinski definition) is 1. The first-order valence-corrected chi connectivity index (χ1v) is 8.83. The molecule has 1 unspecified atom stereocenters. The van der Waals surface area contributed by atoms with Crippen LogP contribution in [-0.4, -0.2) is 37.7 Å². The van der Waals surface area contributed by atoms with E-state index in [9.17, 15) is 4.79 Å². The highest BCUT2D eigenvalue weighted by atomic mass is 16.5. The van der Waals surface area contributed by atoms with Gasteiger partial charge in [-0.05, 0) is 37.3 Å². The van der Waals surface area contributed by atoms with E-state index in [-0.39, 0.29) is 11.8 Å². The third-order valence-electron chi connectivity index (χ3n) is 5.17. The molecular formula is C21H22N2O4. The molecule has 2 heterocycles. The summed E-state index contributed by atoms with van der Waals surface area (Å²) in [7, 11) is 3.21. The van der Waals surface area contributed by atoms with Crippen LogP contribution in [0.5, 0.6) is 17.2 Å². The summed E-state index contributed by atoms with van der Waals surface area (Å²) in [5, 5.41) is 0.820. The van der Waals surface area contributed by atoms with E-state index in [0.717, 1.165) is 16.6 Å². The van der Waals surface area contributed by atoms with Crippen molar-refractivity contribution in [2.24, 2.45) is 5.73 Å². The molecule has 0 fully saturated rings. The number of carbonyl (C=O) groups is 1. The smallest absolute Gasteiger partial charge is 0.195 e. The molecule has 0 saturated heterocycles. The Balaban J connectivity index is 1.96. The minimum absolute atomic E-state index is 0.00851. The van der Waals surface area contributed by atoms with Crippen molar-refractivity contribution in [2.75, 3.05) is 27.4 Å². The highest BCUT2D eigenvalue weighted by Gasteiger charge is 2.30. The molecule has 6 nitrogen and oxygen atoms in total. The highest BCUT2D eigenvalue weighted by Crippen LogP contribution is 2.41. The van der Waals surface area contributed by atoms with E-state index in [0.29, 0.717) is 41.5 Å². The Bertz CT molecular complexity index is 1020. The molecule has 4 rings (SSSR count). The predicted molar refractivity (Wildman–Crippen MR) is 103 cm³/mol. The average molecular weight is 366 g/mol. The van der Waals surface area contributed by atoms with Crippen LogP contribution in [0.3, 0.4) is 0 Å². The first-order valence-electron chi connectivity index (χ1n) is 8.83. The minimum Gasteiger partial charge on any atom is -0.497 e. The van der Waals surface area contributed by atoms with Crippen LogP contribution in [-0.2, 0) is 0 Å². The van der Waals surface area contributed by atoms with Crippen molar-refractivity contribution in [1.29, 1.82) is 0 Å². The third kappa shape index (κ3) is 2.64. The summed E-state index contributed by atoms with van der Waals surface area (Å²) in [6, 6.07) is 10.9. The number of rotatable bonds is 5. The lowest BCUT2D eigenvalue weighted by Crippen LogP contribution is -2.29. The Morgan fingerprint density at radius 1 is 1.19 bits per heavy atom. The van der Waals surface area contributed by atoms with Crippen LogP contribution in [0.1, 0.15) is 27.7 Å². The van der Waals surface area contributed by atoms with Gasteiger partial charge in [0.1, 0.15) is 23.9 Å². The molecule has 0 radical (unpaired) electrons. The molecule has 1 aromatic heterocycles. The van der Waals surface area contributed by atoms with E-state index >= 15 is 0 Å². The van der Waals surface area contributed by atoms with Crippen molar-refractivity contribution < 1.29 is 19.0 Å². The zero-order valence-corrected chi connectivity index (χ0v) is 15.6. The van der Waals surface area contributed by atoms with E-state index in [2.05, 4.69) is 4.57 Å². The molecular weight excluding hydrogens is 344 g/mol. The van der Waals surface area contributed by atoms with Crippen LogP contribution in [0.25, 0.3) is 10.9 Å². The first-order chi connectivity index (χ1) is 13.1. The van der Waals surface area contributed by atoms with Crippen molar-refractivity contribution in [3.05, 3.63) is 53.2 Å². The summed E-state index contributed by atoms with van der Waals surface area (Å²) in [6.45, 7) is 2.87. The molecule has 2 aromatic carbocycles. The SMILES string of the molecule is COc1ccc(C(=O)c2c(C)n3c4c(cc(OC)cc24)OCC3CN)cc1. The van der Waals surface area contributed by atoms with Gasteiger partial charge >= 0.3 is 0 Å². The van der Waals surface area contributed by atoms with E-state index < -0.39 is 0 Å². The number of aromatic nitrogens is 1. The molecule has 1 atom stereocenters. The van der Waals surface area contributed by atoms with Crippen molar-refractivity contribution >= 4 is 16.7 Å². The topological polar surface area (TPSA) is 75.7 Å². The van der Waals surface area contributed by atoms with Crippen LogP contribution in [0.4, 0.5) is 0 Å². The quantitative estimate of drug-likeness (QED) is 0.702. The van der Waals surface area contributed by atoms with Crippen LogP contribution in [0, 0.1) is 6.92 Å². The zero-order chi connectivity index (χ0) is 19.1. The molecule has 2 N–H and O–H groups in total. The van der Waals surface area contributed by atoms with E-state index in [4.69, 9.17) is 19.9 Å². The molecule has 0 spiro atoms. The van der Waals surface area contributed by atoms with Gasteiger partial charge in [-0.15, -0.1) is 0 Å². The minimum atomic E-state index is -0.0456. The van der Waals surface area contributed by atoms with Crippen molar-refractivity contribution in [2.45, 2.75) is 13.0 Å². The molecule has 0 bridgehead atoms. The van der Waals surface area contributed by atoms with Crippen LogP contribution < -0.4 is 19.9 Å². The van der Waals surface area contributed by atoms with Crippen LogP contribution in [0.2, 0.25) is 0 Å². The Labute approximate surface area is 157 Å². The predicted octanol–water partition coefficient (Wildman–Crippen LogP) is 3.09. The Kier molecular flexibility index (Phi) is 4.28. The molecule has 27 heavy (non-hydrogen) atoms. The second-order valence-corrected chi connectivity index (χ2v) is 6.61. The summed E-state index contributed by atoms with van der Waals surface area (Å²) in [5.74, 6) is 2.04. The van der Waals surface area contributed by atoms with Gasteiger partial charge in [0, 0.05) is 29.3 Å². The normalized spacial score (nSPS) is 15.5. The lowest BCUT2D eigenvalue weighted by atomic mass is 10.00. The van der Waals surface area contributed by atoms with Crippen LogP contribution >= 0.6 is 0 Å². The largest absolute Gasteiger partial charge is 0.497 e. The number of carbonyl (C=O) groups excluding carboxylic acids is 1. The van der Waals surface area contributed by atoms with E-state index in [1.165, 1.54) is 0 Å². The van der Waals surface area contributed by atoms with Gasteiger partial charge in [0.2, 0.25) is 0 Å². The number of methoxy groups -OCH3 is 2. The Hall–Kier alpha value is -2.99. The van der Waals surface area contributed by atoms with Crippen molar-refractivity contribution in [1.82, 2.24) is 4.57 Å². The molecule has 6 heteroatoms. The van der Waals surface area contributed by atoms with Gasteiger partial charge < -0.3 is 24.5 Å². The summed E-state index contributed by atoms with van der Waals surface area (Å²) >= 11 is 0. The van der Waals surface area contributed by atoms with Gasteiger partial charge in [-0.3, -0.25) is 4.79 Å². The number of nitrogens with two attached hydrogens (primary N) is 1.